The van der Waals surface area contributed by atoms with E-state index in [4.69, 9.17) is 15.2 Å². The van der Waals surface area contributed by atoms with Crippen LogP contribution in [0.2, 0.25) is 0 Å². The van der Waals surface area contributed by atoms with Crippen LogP contribution in [0.15, 0.2) is 78.9 Å². The van der Waals surface area contributed by atoms with Crippen LogP contribution >= 0.6 is 11.5 Å². The minimum Gasteiger partial charge on any atom is -0.497 e. The lowest BCUT2D eigenvalue weighted by atomic mass is 10.0. The highest BCUT2D eigenvalue weighted by Crippen LogP contribution is 2.37. The van der Waals surface area contributed by atoms with Crippen LogP contribution in [0.4, 0.5) is 11.4 Å². The van der Waals surface area contributed by atoms with E-state index in [9.17, 15) is 9.59 Å². The summed E-state index contributed by atoms with van der Waals surface area (Å²) in [5.41, 5.74) is 9.35. The summed E-state index contributed by atoms with van der Waals surface area (Å²) >= 11 is 1.03. The number of aromatic nitrogens is 1. The van der Waals surface area contributed by atoms with Crippen molar-refractivity contribution in [1.29, 1.82) is 0 Å². The zero-order chi connectivity index (χ0) is 28.1. The molecule has 1 heterocycles. The molecule has 4 aromatic rings. The molecule has 1 fully saturated rings. The number of hydrogen-bond acceptors (Lipinski definition) is 7. The van der Waals surface area contributed by atoms with Gasteiger partial charge in [-0.1, -0.05) is 43.2 Å². The van der Waals surface area contributed by atoms with Gasteiger partial charge in [-0.05, 0) is 78.5 Å². The van der Waals surface area contributed by atoms with Gasteiger partial charge in [-0.25, -0.2) is 0 Å². The summed E-state index contributed by atoms with van der Waals surface area (Å²) in [7, 11) is 3.19. The molecule has 0 spiro atoms. The Hall–Kier alpha value is -4.37. The number of ether oxygens (including phenoxy) is 2. The Morgan fingerprint density at radius 3 is 2.12 bits per heavy atom. The number of carbonyl (C=O) groups excluding carboxylic acids is 2. The van der Waals surface area contributed by atoms with Crippen LogP contribution in [0, 0.1) is 0 Å². The highest BCUT2D eigenvalue weighted by molar-refractivity contribution is 7.09. The topological polar surface area (TPSA) is 107 Å². The number of carbonyl (C=O) groups is 2. The molecule has 0 radical (unpaired) electrons. The number of nitrogens with zero attached hydrogens (tertiary/aromatic N) is 2. The average Bonchev–Trinajstić information content (AvgIpc) is 3.65. The first-order valence-corrected chi connectivity index (χ1v) is 14.0. The Balaban J connectivity index is 1.58. The Morgan fingerprint density at radius 1 is 0.925 bits per heavy atom. The highest BCUT2D eigenvalue weighted by atomic mass is 32.1. The molecular weight excluding hydrogens is 524 g/mol. The fourth-order valence-electron chi connectivity index (χ4n) is 5.04. The maximum Gasteiger partial charge on any atom is 0.273 e. The van der Waals surface area contributed by atoms with Gasteiger partial charge in [0, 0.05) is 17.3 Å². The van der Waals surface area contributed by atoms with Crippen molar-refractivity contribution < 1.29 is 19.1 Å². The molecule has 5 rings (SSSR count). The Bertz CT molecular complexity index is 1450. The second-order valence-electron chi connectivity index (χ2n) is 9.68. The summed E-state index contributed by atoms with van der Waals surface area (Å²) in [6.45, 7) is 0. The van der Waals surface area contributed by atoms with Gasteiger partial charge in [0.2, 0.25) is 5.91 Å². The Kier molecular flexibility index (Phi) is 8.31. The summed E-state index contributed by atoms with van der Waals surface area (Å²) in [4.78, 5) is 30.2. The van der Waals surface area contributed by atoms with Crippen molar-refractivity contribution in [2.75, 3.05) is 24.9 Å². The standard InChI is InChI=1S/C31H32N4O4S/c1-38-24-16-12-20(13-17-24)27-26(32)29(40-34-27)31(37)35(23-10-4-3-5-11-23)28(21-14-18-25(39-2)19-15-21)30(36)33-22-8-6-7-9-22/h3-5,10-19,22,28H,6-9,32H2,1-2H3,(H,33,36)/t28-/m1/s1. The van der Waals surface area contributed by atoms with Crippen molar-refractivity contribution in [3.05, 3.63) is 89.3 Å². The van der Waals surface area contributed by atoms with Crippen LogP contribution in [0.3, 0.4) is 0 Å². The van der Waals surface area contributed by atoms with Gasteiger partial charge in [0.05, 0.1) is 19.9 Å². The molecule has 0 aliphatic heterocycles. The molecule has 0 unspecified atom stereocenters. The lowest BCUT2D eigenvalue weighted by molar-refractivity contribution is -0.123. The van der Waals surface area contributed by atoms with Gasteiger partial charge in [-0.3, -0.25) is 14.5 Å². The molecule has 0 bridgehead atoms. The number of rotatable bonds is 9. The van der Waals surface area contributed by atoms with Crippen molar-refractivity contribution in [2.24, 2.45) is 0 Å². The molecule has 3 N–H and O–H groups in total. The van der Waals surface area contributed by atoms with Crippen LogP contribution in [0.5, 0.6) is 11.5 Å². The number of nitrogen functional groups attached to an aromatic ring is 1. The zero-order valence-electron chi connectivity index (χ0n) is 22.5. The molecule has 206 valence electrons. The molecule has 8 nitrogen and oxygen atoms in total. The van der Waals surface area contributed by atoms with E-state index in [2.05, 4.69) is 9.69 Å². The number of methoxy groups -OCH3 is 2. The molecular formula is C31H32N4O4S. The van der Waals surface area contributed by atoms with E-state index < -0.39 is 11.9 Å². The third-order valence-electron chi connectivity index (χ3n) is 7.18. The van der Waals surface area contributed by atoms with Crippen LogP contribution in [-0.4, -0.2) is 36.4 Å². The first-order valence-electron chi connectivity index (χ1n) is 13.2. The smallest absolute Gasteiger partial charge is 0.273 e. The monoisotopic (exact) mass is 556 g/mol. The van der Waals surface area contributed by atoms with Gasteiger partial charge in [0.25, 0.3) is 5.91 Å². The van der Waals surface area contributed by atoms with Crippen molar-refractivity contribution >= 4 is 34.7 Å². The largest absolute Gasteiger partial charge is 0.497 e. The summed E-state index contributed by atoms with van der Waals surface area (Å²) in [5.74, 6) is 0.725. The predicted molar refractivity (Wildman–Crippen MR) is 158 cm³/mol. The van der Waals surface area contributed by atoms with Crippen LogP contribution < -0.4 is 25.4 Å². The lowest BCUT2D eigenvalue weighted by Gasteiger charge is -2.32. The summed E-state index contributed by atoms with van der Waals surface area (Å²) in [5, 5.41) is 3.20. The fourth-order valence-corrected chi connectivity index (χ4v) is 5.80. The molecule has 2 amide bonds. The number of para-hydroxylation sites is 1. The summed E-state index contributed by atoms with van der Waals surface area (Å²) in [6.07, 6.45) is 4.00. The first-order chi connectivity index (χ1) is 19.5. The molecule has 1 aliphatic rings. The van der Waals surface area contributed by atoms with E-state index >= 15 is 0 Å². The minimum absolute atomic E-state index is 0.0797. The van der Waals surface area contributed by atoms with Crippen molar-refractivity contribution in [1.82, 2.24) is 9.69 Å². The average molecular weight is 557 g/mol. The second kappa shape index (κ2) is 12.2. The number of nitrogens with two attached hydrogens (primary N) is 1. The third-order valence-corrected chi connectivity index (χ3v) is 8.03. The van der Waals surface area contributed by atoms with Crippen molar-refractivity contribution in [3.63, 3.8) is 0 Å². The van der Waals surface area contributed by atoms with E-state index in [-0.39, 0.29) is 22.5 Å². The molecule has 0 saturated heterocycles. The Labute approximate surface area is 237 Å². The van der Waals surface area contributed by atoms with Gasteiger partial charge < -0.3 is 20.5 Å². The van der Waals surface area contributed by atoms with Gasteiger partial charge in [-0.15, -0.1) is 0 Å². The number of nitrogens with one attached hydrogen (secondary N) is 1. The van der Waals surface area contributed by atoms with Gasteiger partial charge >= 0.3 is 0 Å². The number of anilines is 2. The fraction of sp³-hybridized carbons (Fsp3) is 0.258. The van der Waals surface area contributed by atoms with E-state index in [1.165, 1.54) is 4.90 Å². The van der Waals surface area contributed by atoms with E-state index in [1.807, 2.05) is 66.7 Å². The number of hydrogen-bond donors (Lipinski definition) is 2. The van der Waals surface area contributed by atoms with Gasteiger partial charge in [-0.2, -0.15) is 4.37 Å². The molecule has 1 aliphatic carbocycles. The van der Waals surface area contributed by atoms with E-state index in [1.54, 1.807) is 26.4 Å². The lowest BCUT2D eigenvalue weighted by Crippen LogP contribution is -2.46. The molecule has 1 saturated carbocycles. The van der Waals surface area contributed by atoms with E-state index in [0.717, 1.165) is 42.8 Å². The summed E-state index contributed by atoms with van der Waals surface area (Å²) < 4.78 is 15.1. The first kappa shape index (κ1) is 27.2. The van der Waals surface area contributed by atoms with E-state index in [0.29, 0.717) is 28.4 Å². The second-order valence-corrected chi connectivity index (χ2v) is 10.5. The van der Waals surface area contributed by atoms with Crippen LogP contribution in [0.1, 0.15) is 47.0 Å². The minimum atomic E-state index is -0.938. The number of amides is 2. The van der Waals surface area contributed by atoms with Crippen LogP contribution in [0.25, 0.3) is 11.3 Å². The zero-order valence-corrected chi connectivity index (χ0v) is 23.3. The predicted octanol–water partition coefficient (Wildman–Crippen LogP) is 5.86. The highest BCUT2D eigenvalue weighted by Gasteiger charge is 2.36. The third kappa shape index (κ3) is 5.65. The van der Waals surface area contributed by atoms with Gasteiger partial charge in [0.1, 0.15) is 28.1 Å². The van der Waals surface area contributed by atoms with Crippen molar-refractivity contribution in [3.8, 4) is 22.8 Å². The van der Waals surface area contributed by atoms with Crippen LogP contribution in [-0.2, 0) is 4.79 Å². The normalized spacial score (nSPS) is 13.9. The molecule has 40 heavy (non-hydrogen) atoms. The molecule has 1 aromatic heterocycles. The molecule has 1 atom stereocenters. The Morgan fingerprint density at radius 2 is 1.52 bits per heavy atom. The quantitative estimate of drug-likeness (QED) is 0.268. The molecule has 3 aromatic carbocycles. The summed E-state index contributed by atoms with van der Waals surface area (Å²) in [6, 6.07) is 22.9. The molecule has 9 heteroatoms. The van der Waals surface area contributed by atoms with Gasteiger partial charge in [0.15, 0.2) is 0 Å². The maximum atomic E-state index is 14.4. The number of benzene rings is 3. The van der Waals surface area contributed by atoms with Crippen molar-refractivity contribution in [2.45, 2.75) is 37.8 Å². The SMILES string of the molecule is COc1ccc(-c2nsc(C(=O)N(c3ccccc3)[C@@H](C(=O)NC3CCCC3)c3ccc(OC)cc3)c2N)cc1. The maximum absolute atomic E-state index is 14.4.